The van der Waals surface area contributed by atoms with Crippen molar-refractivity contribution in [2.45, 2.75) is 13.5 Å². The number of benzene rings is 3. The van der Waals surface area contributed by atoms with Crippen LogP contribution in [0.4, 0.5) is 10.5 Å². The van der Waals surface area contributed by atoms with E-state index in [9.17, 15) is 24.5 Å². The number of carbonyl (C=O) groups is 3. The van der Waals surface area contributed by atoms with Gasteiger partial charge in [0.25, 0.3) is 16.8 Å². The molecule has 1 aliphatic rings. The maximum Gasteiger partial charge on any atom is 0.293 e. The Bertz CT molecular complexity index is 1490. The second-order valence-corrected chi connectivity index (χ2v) is 9.98. The van der Waals surface area contributed by atoms with Gasteiger partial charge in [-0.25, -0.2) is 0 Å². The third kappa shape index (κ3) is 6.78. The topological polar surface area (TPSA) is 116 Å². The smallest absolute Gasteiger partial charge is 0.293 e. The number of carbonyl (C=O) groups excluding carboxylic acids is 3. The molecular formula is C27H20Cl2N2O7S. The van der Waals surface area contributed by atoms with Crippen LogP contribution in [0.1, 0.15) is 28.4 Å². The van der Waals surface area contributed by atoms with Gasteiger partial charge in [-0.2, -0.15) is 0 Å². The third-order valence-electron chi connectivity index (χ3n) is 5.52. The van der Waals surface area contributed by atoms with E-state index >= 15 is 0 Å². The lowest BCUT2D eigenvalue weighted by molar-refractivity contribution is -0.384. The van der Waals surface area contributed by atoms with Crippen molar-refractivity contribution in [2.75, 3.05) is 13.2 Å². The lowest BCUT2D eigenvalue weighted by atomic mass is 10.1. The first-order chi connectivity index (χ1) is 18.7. The number of nitro groups is 1. The monoisotopic (exact) mass is 586 g/mol. The molecule has 1 heterocycles. The van der Waals surface area contributed by atoms with E-state index in [1.807, 2.05) is 6.92 Å². The van der Waals surface area contributed by atoms with E-state index in [1.54, 1.807) is 36.4 Å². The van der Waals surface area contributed by atoms with Crippen molar-refractivity contribution in [1.29, 1.82) is 0 Å². The van der Waals surface area contributed by atoms with Crippen molar-refractivity contribution in [3.8, 4) is 11.5 Å². The van der Waals surface area contributed by atoms with E-state index in [-0.39, 0.29) is 22.8 Å². The van der Waals surface area contributed by atoms with Crippen molar-refractivity contribution < 1.29 is 28.8 Å². The summed E-state index contributed by atoms with van der Waals surface area (Å²) in [5, 5.41) is 11.1. The summed E-state index contributed by atoms with van der Waals surface area (Å²) in [6.07, 6.45) is 1.53. The van der Waals surface area contributed by atoms with Gasteiger partial charge in [0, 0.05) is 17.7 Å². The molecule has 39 heavy (non-hydrogen) atoms. The van der Waals surface area contributed by atoms with Crippen LogP contribution in [0.3, 0.4) is 0 Å². The number of nitro benzene ring substituents is 1. The maximum atomic E-state index is 12.9. The SMILES string of the molecule is CCOc1cc(/C=C2/SC(=O)N(CC(=O)c3ccc([N+](=O)[O-])cc3)C2=O)ccc1OCc1ccc(Cl)c(Cl)c1. The maximum absolute atomic E-state index is 12.9. The van der Waals surface area contributed by atoms with Crippen LogP contribution in [-0.4, -0.2) is 39.9 Å². The van der Waals surface area contributed by atoms with Gasteiger partial charge in [-0.05, 0) is 72.3 Å². The molecule has 0 N–H and O–H groups in total. The van der Waals surface area contributed by atoms with Crippen molar-refractivity contribution in [1.82, 2.24) is 4.90 Å². The number of nitrogens with zero attached hydrogens (tertiary/aromatic N) is 2. The number of amides is 2. The summed E-state index contributed by atoms with van der Waals surface area (Å²) >= 11 is 12.7. The molecule has 0 spiro atoms. The summed E-state index contributed by atoms with van der Waals surface area (Å²) in [6, 6.07) is 15.2. The van der Waals surface area contributed by atoms with Crippen LogP contribution in [0.5, 0.6) is 11.5 Å². The van der Waals surface area contributed by atoms with Crippen LogP contribution < -0.4 is 9.47 Å². The summed E-state index contributed by atoms with van der Waals surface area (Å²) in [5.74, 6) is -0.213. The quantitative estimate of drug-likeness (QED) is 0.110. The largest absolute Gasteiger partial charge is 0.490 e. The summed E-state index contributed by atoms with van der Waals surface area (Å²) < 4.78 is 11.6. The molecular weight excluding hydrogens is 567 g/mol. The fourth-order valence-corrected chi connectivity index (χ4v) is 4.74. The number of hydrogen-bond donors (Lipinski definition) is 0. The van der Waals surface area contributed by atoms with Gasteiger partial charge in [-0.3, -0.25) is 29.4 Å². The number of imide groups is 1. The highest BCUT2D eigenvalue weighted by molar-refractivity contribution is 8.18. The third-order valence-corrected chi connectivity index (χ3v) is 7.17. The average Bonchev–Trinajstić information content (AvgIpc) is 3.17. The Morgan fingerprint density at radius 3 is 2.41 bits per heavy atom. The van der Waals surface area contributed by atoms with Crippen LogP contribution in [0.25, 0.3) is 6.08 Å². The first-order valence-corrected chi connectivity index (χ1v) is 13.1. The molecule has 3 aromatic rings. The van der Waals surface area contributed by atoms with Crippen LogP contribution in [0.2, 0.25) is 10.0 Å². The highest BCUT2D eigenvalue weighted by Gasteiger charge is 2.36. The molecule has 9 nitrogen and oxygen atoms in total. The zero-order valence-electron chi connectivity index (χ0n) is 20.4. The highest BCUT2D eigenvalue weighted by atomic mass is 35.5. The van der Waals surface area contributed by atoms with Crippen molar-refractivity contribution in [3.05, 3.63) is 102 Å². The minimum Gasteiger partial charge on any atom is -0.490 e. The lowest BCUT2D eigenvalue weighted by Crippen LogP contribution is -2.33. The van der Waals surface area contributed by atoms with Gasteiger partial charge in [0.2, 0.25) is 0 Å². The second-order valence-electron chi connectivity index (χ2n) is 8.17. The van der Waals surface area contributed by atoms with E-state index in [0.717, 1.165) is 10.5 Å². The summed E-state index contributed by atoms with van der Waals surface area (Å²) in [7, 11) is 0. The Morgan fingerprint density at radius 2 is 1.74 bits per heavy atom. The predicted molar refractivity (Wildman–Crippen MR) is 149 cm³/mol. The van der Waals surface area contributed by atoms with E-state index in [4.69, 9.17) is 32.7 Å². The minimum absolute atomic E-state index is 0.142. The molecule has 3 aromatic carbocycles. The van der Waals surface area contributed by atoms with Gasteiger partial charge >= 0.3 is 0 Å². The molecule has 200 valence electrons. The van der Waals surface area contributed by atoms with Gasteiger partial charge in [0.15, 0.2) is 17.3 Å². The number of non-ortho nitro benzene ring substituents is 1. The summed E-state index contributed by atoms with van der Waals surface area (Å²) in [4.78, 5) is 49.2. The second kappa shape index (κ2) is 12.3. The molecule has 0 unspecified atom stereocenters. The van der Waals surface area contributed by atoms with Crippen molar-refractivity contribution in [2.24, 2.45) is 0 Å². The Kier molecular flexibility index (Phi) is 8.90. The molecule has 4 rings (SSSR count). The zero-order valence-corrected chi connectivity index (χ0v) is 22.7. The number of thioether (sulfide) groups is 1. The predicted octanol–water partition coefficient (Wildman–Crippen LogP) is 6.80. The number of ether oxygens (including phenoxy) is 2. The van der Waals surface area contributed by atoms with Gasteiger partial charge in [-0.1, -0.05) is 35.3 Å². The Balaban J connectivity index is 1.47. The lowest BCUT2D eigenvalue weighted by Gasteiger charge is -2.13. The van der Waals surface area contributed by atoms with Gasteiger partial charge in [-0.15, -0.1) is 0 Å². The van der Waals surface area contributed by atoms with Gasteiger partial charge < -0.3 is 9.47 Å². The Morgan fingerprint density at radius 1 is 1.00 bits per heavy atom. The average molecular weight is 587 g/mol. The first kappa shape index (κ1) is 28.2. The fourth-order valence-electron chi connectivity index (χ4n) is 3.58. The molecule has 12 heteroatoms. The van der Waals surface area contributed by atoms with Gasteiger partial charge in [0.05, 0.1) is 33.0 Å². The number of rotatable bonds is 10. The van der Waals surface area contributed by atoms with E-state index in [0.29, 0.717) is 45.5 Å². The van der Waals surface area contributed by atoms with Crippen LogP contribution in [-0.2, 0) is 11.4 Å². The van der Waals surface area contributed by atoms with E-state index < -0.39 is 28.4 Å². The first-order valence-electron chi connectivity index (χ1n) is 11.5. The van der Waals surface area contributed by atoms with E-state index in [1.165, 1.54) is 30.3 Å². The van der Waals surface area contributed by atoms with Crippen molar-refractivity contribution >= 4 is 63.7 Å². The number of halogens is 2. The van der Waals surface area contributed by atoms with Gasteiger partial charge in [0.1, 0.15) is 6.61 Å². The molecule has 0 saturated carbocycles. The number of Topliss-reactive ketones (excluding diaryl/α,β-unsaturated/α-hetero) is 1. The molecule has 2 amide bonds. The molecule has 1 aliphatic heterocycles. The molecule has 1 fully saturated rings. The molecule has 1 saturated heterocycles. The number of hydrogen-bond acceptors (Lipinski definition) is 8. The minimum atomic E-state index is -0.613. The summed E-state index contributed by atoms with van der Waals surface area (Å²) in [5.41, 5.74) is 1.39. The van der Waals surface area contributed by atoms with Crippen LogP contribution >= 0.6 is 35.0 Å². The Hall–Kier alpha value is -3.86. The molecule has 0 aliphatic carbocycles. The van der Waals surface area contributed by atoms with Crippen molar-refractivity contribution in [3.63, 3.8) is 0 Å². The number of ketones is 1. The molecule has 0 radical (unpaired) electrons. The fraction of sp³-hybridized carbons (Fsp3) is 0.148. The zero-order chi connectivity index (χ0) is 28.1. The van der Waals surface area contributed by atoms with E-state index in [2.05, 4.69) is 0 Å². The molecule has 0 aromatic heterocycles. The molecule has 0 bridgehead atoms. The van der Waals surface area contributed by atoms with Crippen LogP contribution in [0, 0.1) is 10.1 Å². The standard InChI is InChI=1S/C27H20Cl2N2O7S/c1-2-37-24-12-16(4-10-23(24)38-15-17-3-9-20(28)21(29)11-17)13-25-26(33)30(27(34)39-25)14-22(32)18-5-7-19(8-6-18)31(35)36/h3-13H,2,14-15H2,1H3/b25-13+. The molecule has 0 atom stereocenters. The summed E-state index contributed by atoms with van der Waals surface area (Å²) in [6.45, 7) is 1.93. The Labute approximate surface area is 237 Å². The van der Waals surface area contributed by atoms with Crippen LogP contribution in [0.15, 0.2) is 65.6 Å². The normalized spacial score (nSPS) is 14.1. The highest BCUT2D eigenvalue weighted by Crippen LogP contribution is 2.35.